The fourth-order valence-electron chi connectivity index (χ4n) is 2.11. The third-order valence-electron chi connectivity index (χ3n) is 3.13. The number of hydrogen-bond acceptors (Lipinski definition) is 2. The van der Waals surface area contributed by atoms with Gasteiger partial charge in [-0.25, -0.2) is 0 Å². The number of hydrogen-bond donors (Lipinski definition) is 1. The van der Waals surface area contributed by atoms with Crippen LogP contribution in [0, 0.1) is 0 Å². The zero-order chi connectivity index (χ0) is 11.8. The topological polar surface area (TPSA) is 37.9 Å². The SMILES string of the molecule is CC(C)c1nc2c([nH]1)CCc1ccccc1O2. The molecule has 17 heavy (non-hydrogen) atoms. The average Bonchev–Trinajstić information content (AvgIpc) is 2.64. The first kappa shape index (κ1) is 10.4. The van der Waals surface area contributed by atoms with E-state index < -0.39 is 0 Å². The number of ether oxygens (including phenoxy) is 1. The summed E-state index contributed by atoms with van der Waals surface area (Å²) < 4.78 is 5.89. The Morgan fingerprint density at radius 2 is 2.06 bits per heavy atom. The summed E-state index contributed by atoms with van der Waals surface area (Å²) in [5.41, 5.74) is 2.37. The lowest BCUT2D eigenvalue weighted by atomic mass is 10.1. The summed E-state index contributed by atoms with van der Waals surface area (Å²) in [7, 11) is 0. The number of aromatic amines is 1. The van der Waals surface area contributed by atoms with Crippen molar-refractivity contribution < 1.29 is 4.74 Å². The molecule has 1 N–H and O–H groups in total. The maximum absolute atomic E-state index is 5.89. The van der Waals surface area contributed by atoms with Crippen LogP contribution in [0.2, 0.25) is 0 Å². The van der Waals surface area contributed by atoms with Crippen LogP contribution in [0.25, 0.3) is 0 Å². The molecule has 0 spiro atoms. The third kappa shape index (κ3) is 1.82. The number of H-pyrrole nitrogens is 1. The van der Waals surface area contributed by atoms with E-state index >= 15 is 0 Å². The molecule has 1 aromatic heterocycles. The molecule has 0 radical (unpaired) electrons. The second kappa shape index (κ2) is 3.91. The van der Waals surface area contributed by atoms with Crippen molar-refractivity contribution in [3.63, 3.8) is 0 Å². The monoisotopic (exact) mass is 228 g/mol. The van der Waals surface area contributed by atoms with Gasteiger partial charge >= 0.3 is 0 Å². The lowest BCUT2D eigenvalue weighted by Crippen LogP contribution is -1.93. The molecular formula is C14H16N2O. The molecule has 1 aromatic carbocycles. The van der Waals surface area contributed by atoms with Crippen molar-refractivity contribution in [2.75, 3.05) is 0 Å². The molecule has 0 fully saturated rings. The molecule has 1 aliphatic heterocycles. The summed E-state index contributed by atoms with van der Waals surface area (Å²) in [6.45, 7) is 4.26. The molecule has 0 bridgehead atoms. The van der Waals surface area contributed by atoms with E-state index in [1.54, 1.807) is 0 Å². The summed E-state index contributed by atoms with van der Waals surface area (Å²) in [5, 5.41) is 0. The van der Waals surface area contributed by atoms with Gasteiger partial charge in [0.2, 0.25) is 5.88 Å². The van der Waals surface area contributed by atoms with Crippen LogP contribution in [-0.2, 0) is 12.8 Å². The van der Waals surface area contributed by atoms with Gasteiger partial charge in [0.1, 0.15) is 11.6 Å². The van der Waals surface area contributed by atoms with Crippen molar-refractivity contribution in [3.8, 4) is 11.6 Å². The number of fused-ring (bicyclic) bond motifs is 2. The highest BCUT2D eigenvalue weighted by atomic mass is 16.5. The van der Waals surface area contributed by atoms with E-state index in [9.17, 15) is 0 Å². The molecule has 0 aliphatic carbocycles. The van der Waals surface area contributed by atoms with E-state index in [2.05, 4.69) is 35.9 Å². The zero-order valence-corrected chi connectivity index (χ0v) is 10.2. The minimum atomic E-state index is 0.403. The van der Waals surface area contributed by atoms with Gasteiger partial charge in [-0.1, -0.05) is 32.0 Å². The highest BCUT2D eigenvalue weighted by Gasteiger charge is 2.19. The smallest absolute Gasteiger partial charge is 0.240 e. The van der Waals surface area contributed by atoms with E-state index in [-0.39, 0.29) is 0 Å². The fraction of sp³-hybridized carbons (Fsp3) is 0.357. The molecule has 2 heterocycles. The van der Waals surface area contributed by atoms with Gasteiger partial charge in [-0.3, -0.25) is 0 Å². The first-order chi connectivity index (χ1) is 8.24. The zero-order valence-electron chi connectivity index (χ0n) is 10.2. The molecular weight excluding hydrogens is 212 g/mol. The number of rotatable bonds is 1. The van der Waals surface area contributed by atoms with Crippen LogP contribution in [0.1, 0.15) is 36.8 Å². The van der Waals surface area contributed by atoms with E-state index in [0.717, 1.165) is 36.0 Å². The van der Waals surface area contributed by atoms with Gasteiger partial charge in [0.25, 0.3) is 0 Å². The third-order valence-corrected chi connectivity index (χ3v) is 3.13. The first-order valence-electron chi connectivity index (χ1n) is 6.08. The summed E-state index contributed by atoms with van der Waals surface area (Å²) in [5.74, 6) is 3.10. The van der Waals surface area contributed by atoms with Gasteiger partial charge in [-0.2, -0.15) is 4.98 Å². The Hall–Kier alpha value is -1.77. The van der Waals surface area contributed by atoms with Crippen LogP contribution in [0.4, 0.5) is 0 Å². The maximum Gasteiger partial charge on any atom is 0.240 e. The number of aryl methyl sites for hydroxylation is 2. The van der Waals surface area contributed by atoms with Crippen molar-refractivity contribution in [2.45, 2.75) is 32.6 Å². The number of benzene rings is 1. The summed E-state index contributed by atoms with van der Waals surface area (Å²) in [4.78, 5) is 7.90. The van der Waals surface area contributed by atoms with Gasteiger partial charge in [-0.05, 0) is 24.5 Å². The Morgan fingerprint density at radius 1 is 1.24 bits per heavy atom. The standard InChI is InChI=1S/C14H16N2O/c1-9(2)13-15-11-8-7-10-5-3-4-6-12(10)17-14(11)16-13/h3-6,9H,7-8H2,1-2H3,(H,15,16). The molecule has 1 aliphatic rings. The van der Waals surface area contributed by atoms with E-state index in [1.165, 1.54) is 5.56 Å². The van der Waals surface area contributed by atoms with Crippen molar-refractivity contribution in [1.29, 1.82) is 0 Å². The van der Waals surface area contributed by atoms with E-state index in [4.69, 9.17) is 4.74 Å². The molecule has 0 unspecified atom stereocenters. The largest absolute Gasteiger partial charge is 0.437 e. The lowest BCUT2D eigenvalue weighted by Gasteiger charge is -2.05. The summed E-state index contributed by atoms with van der Waals surface area (Å²) in [6, 6.07) is 8.17. The molecule has 88 valence electrons. The Morgan fingerprint density at radius 3 is 2.88 bits per heavy atom. The summed E-state index contributed by atoms with van der Waals surface area (Å²) in [6.07, 6.45) is 1.97. The number of nitrogens with zero attached hydrogens (tertiary/aromatic N) is 1. The minimum Gasteiger partial charge on any atom is -0.437 e. The normalized spacial score (nSPS) is 13.8. The molecule has 0 amide bonds. The van der Waals surface area contributed by atoms with Crippen LogP contribution >= 0.6 is 0 Å². The van der Waals surface area contributed by atoms with Crippen LogP contribution in [0.3, 0.4) is 0 Å². The van der Waals surface area contributed by atoms with Gasteiger partial charge in [0.05, 0.1) is 5.69 Å². The predicted octanol–water partition coefficient (Wildman–Crippen LogP) is 3.42. The highest BCUT2D eigenvalue weighted by molar-refractivity contribution is 5.40. The quantitative estimate of drug-likeness (QED) is 0.812. The van der Waals surface area contributed by atoms with E-state index in [1.807, 2.05) is 12.1 Å². The van der Waals surface area contributed by atoms with E-state index in [0.29, 0.717) is 5.92 Å². The van der Waals surface area contributed by atoms with Crippen LogP contribution in [0.5, 0.6) is 11.6 Å². The highest BCUT2D eigenvalue weighted by Crippen LogP contribution is 2.32. The Bertz CT molecular complexity index is 543. The number of nitrogens with one attached hydrogen (secondary N) is 1. The molecule has 0 saturated heterocycles. The first-order valence-corrected chi connectivity index (χ1v) is 6.08. The van der Waals surface area contributed by atoms with Crippen LogP contribution < -0.4 is 4.74 Å². The molecule has 0 atom stereocenters. The lowest BCUT2D eigenvalue weighted by molar-refractivity contribution is 0.460. The fourth-order valence-corrected chi connectivity index (χ4v) is 2.11. The van der Waals surface area contributed by atoms with Crippen molar-refractivity contribution in [3.05, 3.63) is 41.3 Å². The number of para-hydroxylation sites is 1. The number of imidazole rings is 1. The second-order valence-electron chi connectivity index (χ2n) is 4.77. The molecule has 3 rings (SSSR count). The summed E-state index contributed by atoms with van der Waals surface area (Å²) >= 11 is 0. The number of aromatic nitrogens is 2. The average molecular weight is 228 g/mol. The van der Waals surface area contributed by atoms with Gasteiger partial charge in [-0.15, -0.1) is 0 Å². The van der Waals surface area contributed by atoms with Crippen molar-refractivity contribution in [2.24, 2.45) is 0 Å². The predicted molar refractivity (Wildman–Crippen MR) is 66.6 cm³/mol. The second-order valence-corrected chi connectivity index (χ2v) is 4.77. The van der Waals surface area contributed by atoms with Crippen molar-refractivity contribution in [1.82, 2.24) is 9.97 Å². The Balaban J connectivity index is 2.01. The Kier molecular flexibility index (Phi) is 2.39. The van der Waals surface area contributed by atoms with Crippen molar-refractivity contribution >= 4 is 0 Å². The molecule has 3 nitrogen and oxygen atoms in total. The molecule has 0 saturated carbocycles. The minimum absolute atomic E-state index is 0.403. The molecule has 2 aromatic rings. The molecule has 3 heteroatoms. The van der Waals surface area contributed by atoms with Crippen LogP contribution in [0.15, 0.2) is 24.3 Å². The van der Waals surface area contributed by atoms with Gasteiger partial charge in [0.15, 0.2) is 0 Å². The van der Waals surface area contributed by atoms with Crippen LogP contribution in [-0.4, -0.2) is 9.97 Å². The van der Waals surface area contributed by atoms with Gasteiger partial charge < -0.3 is 9.72 Å². The Labute approximate surface area is 101 Å². The maximum atomic E-state index is 5.89. The van der Waals surface area contributed by atoms with Gasteiger partial charge in [0, 0.05) is 5.92 Å².